The van der Waals surface area contributed by atoms with Crippen LogP contribution in [0.4, 0.5) is 0 Å². The predicted molar refractivity (Wildman–Crippen MR) is 73.2 cm³/mol. The van der Waals surface area contributed by atoms with Gasteiger partial charge < -0.3 is 14.8 Å². The summed E-state index contributed by atoms with van der Waals surface area (Å²) in [4.78, 5) is 4.54. The minimum Gasteiger partial charge on any atom is -0.376 e. The third-order valence-corrected chi connectivity index (χ3v) is 4.00. The molecule has 0 aromatic carbocycles. The molecule has 102 valence electrons. The summed E-state index contributed by atoms with van der Waals surface area (Å²) < 4.78 is 11.3. The minimum absolute atomic E-state index is 0.148. The molecule has 2 unspecified atom stereocenters. The fourth-order valence-electron chi connectivity index (χ4n) is 2.09. The molecule has 2 rings (SSSR count). The number of ether oxygens (including phenoxy) is 2. The van der Waals surface area contributed by atoms with Gasteiger partial charge in [0.1, 0.15) is 0 Å². The van der Waals surface area contributed by atoms with Crippen molar-refractivity contribution in [3.8, 4) is 0 Å². The lowest BCUT2D eigenvalue weighted by Crippen LogP contribution is -2.48. The molecule has 2 atom stereocenters. The average Bonchev–Trinajstić information content (AvgIpc) is 2.81. The fraction of sp³-hybridized carbons (Fsp3) is 0.769. The molecule has 4 nitrogen and oxygen atoms in total. The first-order valence-electron chi connectivity index (χ1n) is 6.63. The van der Waals surface area contributed by atoms with Gasteiger partial charge >= 0.3 is 0 Å². The number of aryl methyl sites for hydroxylation is 1. The van der Waals surface area contributed by atoms with Crippen molar-refractivity contribution < 1.29 is 9.47 Å². The normalized spacial score (nSPS) is 22.0. The summed E-state index contributed by atoms with van der Waals surface area (Å²) in [5.74, 6) is 0. The lowest BCUT2D eigenvalue weighted by atomic mass is 10.1. The van der Waals surface area contributed by atoms with E-state index in [4.69, 9.17) is 9.47 Å². The van der Waals surface area contributed by atoms with Gasteiger partial charge in [-0.15, -0.1) is 11.3 Å². The lowest BCUT2D eigenvalue weighted by molar-refractivity contribution is -0.101. The van der Waals surface area contributed by atoms with Gasteiger partial charge in [-0.05, 0) is 19.9 Å². The highest BCUT2D eigenvalue weighted by Crippen LogP contribution is 2.15. The maximum atomic E-state index is 5.81. The van der Waals surface area contributed by atoms with Crippen LogP contribution in [0.1, 0.15) is 24.0 Å². The van der Waals surface area contributed by atoms with Crippen molar-refractivity contribution in [2.45, 2.75) is 38.8 Å². The smallest absolute Gasteiger partial charge is 0.0966 e. The zero-order chi connectivity index (χ0) is 12.8. The van der Waals surface area contributed by atoms with Crippen molar-refractivity contribution in [2.24, 2.45) is 0 Å². The van der Waals surface area contributed by atoms with Gasteiger partial charge in [0.05, 0.1) is 30.9 Å². The maximum absolute atomic E-state index is 5.81. The van der Waals surface area contributed by atoms with Gasteiger partial charge in [-0.25, -0.2) is 4.98 Å². The molecular formula is C13H22N2O2S. The summed E-state index contributed by atoms with van der Waals surface area (Å²) in [6, 6.07) is 0.302. The second kappa shape index (κ2) is 7.19. The predicted octanol–water partition coefficient (Wildman–Crippen LogP) is 1.78. The molecule has 5 heteroatoms. The monoisotopic (exact) mass is 270 g/mol. The summed E-state index contributed by atoms with van der Waals surface area (Å²) in [6.07, 6.45) is 2.20. The molecule has 0 amide bonds. The molecule has 2 heterocycles. The van der Waals surface area contributed by atoms with Crippen molar-refractivity contribution in [3.63, 3.8) is 0 Å². The molecular weight excluding hydrogens is 248 g/mol. The van der Waals surface area contributed by atoms with E-state index < -0.39 is 0 Å². The molecule has 0 spiro atoms. The molecule has 0 saturated carbocycles. The summed E-state index contributed by atoms with van der Waals surface area (Å²) >= 11 is 1.73. The van der Waals surface area contributed by atoms with Crippen LogP contribution in [0, 0.1) is 6.92 Å². The molecule has 0 bridgehead atoms. The molecule has 0 aliphatic carbocycles. The van der Waals surface area contributed by atoms with Crippen molar-refractivity contribution in [3.05, 3.63) is 16.1 Å². The summed E-state index contributed by atoms with van der Waals surface area (Å²) in [5.41, 5.74) is 1.10. The SMILES string of the molecule is CCCNC(Cc1nc(C)cs1)C1COCCO1. The van der Waals surface area contributed by atoms with Crippen LogP contribution in [0.5, 0.6) is 0 Å². The highest BCUT2D eigenvalue weighted by Gasteiger charge is 2.25. The van der Waals surface area contributed by atoms with Crippen LogP contribution < -0.4 is 5.32 Å². The van der Waals surface area contributed by atoms with E-state index in [1.807, 2.05) is 6.92 Å². The molecule has 1 saturated heterocycles. The van der Waals surface area contributed by atoms with Crippen LogP contribution in [0.3, 0.4) is 0 Å². The van der Waals surface area contributed by atoms with E-state index in [2.05, 4.69) is 22.6 Å². The average molecular weight is 270 g/mol. The van der Waals surface area contributed by atoms with Gasteiger partial charge in [-0.2, -0.15) is 0 Å². The molecule has 1 aromatic heterocycles. The zero-order valence-corrected chi connectivity index (χ0v) is 12.0. The Morgan fingerprint density at radius 1 is 1.56 bits per heavy atom. The lowest BCUT2D eigenvalue weighted by Gasteiger charge is -2.30. The zero-order valence-electron chi connectivity index (χ0n) is 11.1. The van der Waals surface area contributed by atoms with Crippen LogP contribution in [0.2, 0.25) is 0 Å². The van der Waals surface area contributed by atoms with E-state index >= 15 is 0 Å². The first-order chi connectivity index (χ1) is 8.79. The Bertz CT molecular complexity index is 351. The Balaban J connectivity index is 1.94. The van der Waals surface area contributed by atoms with Gasteiger partial charge in [0.15, 0.2) is 0 Å². The van der Waals surface area contributed by atoms with Crippen molar-refractivity contribution in [2.75, 3.05) is 26.4 Å². The second-order valence-corrected chi connectivity index (χ2v) is 5.57. The minimum atomic E-state index is 0.148. The molecule has 1 aliphatic rings. The van der Waals surface area contributed by atoms with E-state index in [-0.39, 0.29) is 6.10 Å². The number of aromatic nitrogens is 1. The Morgan fingerprint density at radius 2 is 2.44 bits per heavy atom. The highest BCUT2D eigenvalue weighted by atomic mass is 32.1. The molecule has 0 radical (unpaired) electrons. The van der Waals surface area contributed by atoms with E-state index in [0.717, 1.165) is 25.1 Å². The van der Waals surface area contributed by atoms with E-state index in [9.17, 15) is 0 Å². The molecule has 1 aliphatic heterocycles. The van der Waals surface area contributed by atoms with E-state index in [1.54, 1.807) is 11.3 Å². The van der Waals surface area contributed by atoms with Crippen molar-refractivity contribution in [1.29, 1.82) is 0 Å². The quantitative estimate of drug-likeness (QED) is 0.855. The Kier molecular flexibility index (Phi) is 5.56. The van der Waals surface area contributed by atoms with Gasteiger partial charge in [0.25, 0.3) is 0 Å². The number of nitrogens with one attached hydrogen (secondary N) is 1. The molecule has 1 aromatic rings. The topological polar surface area (TPSA) is 43.4 Å². The summed E-state index contributed by atoms with van der Waals surface area (Å²) in [7, 11) is 0. The van der Waals surface area contributed by atoms with Crippen LogP contribution in [0.15, 0.2) is 5.38 Å². The van der Waals surface area contributed by atoms with Crippen LogP contribution >= 0.6 is 11.3 Å². The number of hydrogen-bond donors (Lipinski definition) is 1. The van der Waals surface area contributed by atoms with Gasteiger partial charge in [0, 0.05) is 23.5 Å². The standard InChI is InChI=1S/C13H22N2O2S/c1-3-4-14-11(12-8-16-5-6-17-12)7-13-15-10(2)9-18-13/h9,11-12,14H,3-8H2,1-2H3. The molecule has 1 fully saturated rings. The first-order valence-corrected chi connectivity index (χ1v) is 7.51. The third kappa shape index (κ3) is 4.02. The number of thiazole rings is 1. The summed E-state index contributed by atoms with van der Waals surface area (Å²) in [6.45, 7) is 7.32. The molecule has 18 heavy (non-hydrogen) atoms. The Hall–Kier alpha value is -0.490. The number of hydrogen-bond acceptors (Lipinski definition) is 5. The largest absolute Gasteiger partial charge is 0.376 e. The Morgan fingerprint density at radius 3 is 3.06 bits per heavy atom. The summed E-state index contributed by atoms with van der Waals surface area (Å²) in [5, 5.41) is 6.84. The van der Waals surface area contributed by atoms with Crippen LogP contribution in [-0.2, 0) is 15.9 Å². The van der Waals surface area contributed by atoms with Crippen molar-refractivity contribution >= 4 is 11.3 Å². The number of rotatable bonds is 6. The van der Waals surface area contributed by atoms with Crippen LogP contribution in [-0.4, -0.2) is 43.5 Å². The fourth-order valence-corrected chi connectivity index (χ4v) is 2.92. The van der Waals surface area contributed by atoms with Gasteiger partial charge in [0.2, 0.25) is 0 Å². The highest BCUT2D eigenvalue weighted by molar-refractivity contribution is 7.09. The van der Waals surface area contributed by atoms with Gasteiger partial charge in [-0.1, -0.05) is 6.92 Å². The maximum Gasteiger partial charge on any atom is 0.0966 e. The second-order valence-electron chi connectivity index (χ2n) is 4.63. The third-order valence-electron chi connectivity index (χ3n) is 3.01. The Labute approximate surface area is 113 Å². The van der Waals surface area contributed by atoms with Crippen molar-refractivity contribution in [1.82, 2.24) is 10.3 Å². The van der Waals surface area contributed by atoms with E-state index in [0.29, 0.717) is 25.9 Å². The number of nitrogens with zero attached hydrogens (tertiary/aromatic N) is 1. The van der Waals surface area contributed by atoms with Gasteiger partial charge in [-0.3, -0.25) is 0 Å². The van der Waals surface area contributed by atoms with Crippen LogP contribution in [0.25, 0.3) is 0 Å². The first kappa shape index (κ1) is 13.9. The van der Waals surface area contributed by atoms with E-state index in [1.165, 1.54) is 5.01 Å². The molecule has 1 N–H and O–H groups in total.